The van der Waals surface area contributed by atoms with Gasteiger partial charge in [0.1, 0.15) is 29.2 Å². The molecule has 0 saturated carbocycles. The van der Waals surface area contributed by atoms with Crippen LogP contribution in [0.3, 0.4) is 0 Å². The van der Waals surface area contributed by atoms with E-state index in [2.05, 4.69) is 10.9 Å². The summed E-state index contributed by atoms with van der Waals surface area (Å²) in [6, 6.07) is 15.2. The first-order chi connectivity index (χ1) is 15.7. The minimum absolute atomic E-state index is 0.0716. The number of carbonyl (C=O) groups is 1. The van der Waals surface area contributed by atoms with Gasteiger partial charge in [-0.2, -0.15) is 5.26 Å². The van der Waals surface area contributed by atoms with Gasteiger partial charge in [-0.05, 0) is 35.2 Å². The lowest BCUT2D eigenvalue weighted by molar-refractivity contribution is -0.128. The fourth-order valence-corrected chi connectivity index (χ4v) is 3.87. The van der Waals surface area contributed by atoms with Gasteiger partial charge in [0.2, 0.25) is 0 Å². The zero-order valence-corrected chi connectivity index (χ0v) is 19.6. The van der Waals surface area contributed by atoms with Crippen molar-refractivity contribution in [3.05, 3.63) is 65.5 Å². The summed E-state index contributed by atoms with van der Waals surface area (Å²) < 4.78 is 11.7. The number of methoxy groups -OCH3 is 1. The van der Waals surface area contributed by atoms with Gasteiger partial charge in [0, 0.05) is 31.5 Å². The van der Waals surface area contributed by atoms with E-state index in [4.69, 9.17) is 16.0 Å². The van der Waals surface area contributed by atoms with Crippen molar-refractivity contribution in [1.82, 2.24) is 4.90 Å². The van der Waals surface area contributed by atoms with Crippen LogP contribution in [0, 0.1) is 23.3 Å². The van der Waals surface area contributed by atoms with Crippen molar-refractivity contribution in [2.24, 2.45) is 5.41 Å². The molecule has 0 atom stereocenters. The minimum Gasteiger partial charge on any atom is -0.496 e. The average Bonchev–Trinajstić information content (AvgIpc) is 2.81. The molecule has 6 nitrogen and oxygen atoms in total. The van der Waals surface area contributed by atoms with E-state index in [1.807, 2.05) is 57.2 Å². The molecule has 1 amide bonds. The highest BCUT2D eigenvalue weighted by Crippen LogP contribution is 2.36. The Hall–Kier alpha value is -3.77. The molecule has 1 aliphatic rings. The Kier molecular flexibility index (Phi) is 7.41. The summed E-state index contributed by atoms with van der Waals surface area (Å²) in [4.78, 5) is 18.1. The van der Waals surface area contributed by atoms with Gasteiger partial charge in [0.05, 0.1) is 13.7 Å². The van der Waals surface area contributed by atoms with Gasteiger partial charge in [-0.1, -0.05) is 45.0 Å². The standard InChI is InChI=1S/C27H29N3O3/c1-27(2,3)17-20(18-28)26(31)30-12-10-22(11-13-30)33-23-15-19(14-21(16-23)29-4)24-8-6-7-9-25(24)32-5/h6-9,14-17,22H,10-13H2,1-3,5H3/b20-17+. The zero-order chi connectivity index (χ0) is 24.0. The van der Waals surface area contributed by atoms with Crippen molar-refractivity contribution in [2.45, 2.75) is 39.7 Å². The number of ether oxygens (including phenoxy) is 2. The highest BCUT2D eigenvalue weighted by Gasteiger charge is 2.27. The number of carbonyl (C=O) groups excluding carboxylic acids is 1. The molecule has 1 aliphatic heterocycles. The third-order valence-electron chi connectivity index (χ3n) is 5.40. The molecule has 0 unspecified atom stereocenters. The van der Waals surface area contributed by atoms with Gasteiger partial charge in [-0.15, -0.1) is 0 Å². The van der Waals surface area contributed by atoms with Gasteiger partial charge in [0.25, 0.3) is 5.91 Å². The highest BCUT2D eigenvalue weighted by molar-refractivity contribution is 5.97. The van der Waals surface area contributed by atoms with Gasteiger partial charge in [-0.3, -0.25) is 4.79 Å². The Morgan fingerprint density at radius 2 is 1.91 bits per heavy atom. The van der Waals surface area contributed by atoms with Crippen molar-refractivity contribution in [2.75, 3.05) is 20.2 Å². The molecule has 33 heavy (non-hydrogen) atoms. The predicted octanol–water partition coefficient (Wildman–Crippen LogP) is 5.78. The fourth-order valence-electron chi connectivity index (χ4n) is 3.87. The molecule has 2 aromatic carbocycles. The van der Waals surface area contributed by atoms with Crippen molar-refractivity contribution in [3.8, 4) is 28.7 Å². The number of allylic oxidation sites excluding steroid dienone is 1. The SMILES string of the molecule is [C-]#[N+]c1cc(OC2CCN(C(=O)/C(C#N)=C/C(C)(C)C)CC2)cc(-c2ccccc2OC)c1. The van der Waals surface area contributed by atoms with Crippen LogP contribution < -0.4 is 9.47 Å². The second-order valence-corrected chi connectivity index (χ2v) is 9.17. The Bertz CT molecular complexity index is 1120. The molecule has 0 radical (unpaired) electrons. The number of likely N-dealkylation sites (tertiary alicyclic amines) is 1. The van der Waals surface area contributed by atoms with E-state index in [-0.39, 0.29) is 23.0 Å². The normalized spacial score (nSPS) is 14.8. The number of piperidine rings is 1. The lowest BCUT2D eigenvalue weighted by Gasteiger charge is -2.32. The van der Waals surface area contributed by atoms with Gasteiger partial charge < -0.3 is 14.4 Å². The molecule has 170 valence electrons. The van der Waals surface area contributed by atoms with Crippen LogP contribution in [-0.4, -0.2) is 37.1 Å². The second kappa shape index (κ2) is 10.2. The molecule has 0 aliphatic carbocycles. The van der Waals surface area contributed by atoms with Gasteiger partial charge in [0.15, 0.2) is 5.69 Å². The van der Waals surface area contributed by atoms with Crippen molar-refractivity contribution in [1.29, 1.82) is 5.26 Å². The van der Waals surface area contributed by atoms with Crippen LogP contribution in [-0.2, 0) is 4.79 Å². The quantitative estimate of drug-likeness (QED) is 0.334. The summed E-state index contributed by atoms with van der Waals surface area (Å²) in [5.41, 5.74) is 2.19. The van der Waals surface area contributed by atoms with Gasteiger partial charge in [-0.25, -0.2) is 4.85 Å². The Morgan fingerprint density at radius 1 is 1.21 bits per heavy atom. The van der Waals surface area contributed by atoms with E-state index in [0.717, 1.165) is 16.9 Å². The van der Waals surface area contributed by atoms with E-state index >= 15 is 0 Å². The maximum absolute atomic E-state index is 12.8. The molecule has 3 rings (SSSR count). The van der Waals surface area contributed by atoms with Crippen LogP contribution in [0.4, 0.5) is 5.69 Å². The molecule has 1 fully saturated rings. The maximum atomic E-state index is 12.8. The van der Waals surface area contributed by atoms with E-state index in [1.54, 1.807) is 24.2 Å². The second-order valence-electron chi connectivity index (χ2n) is 9.17. The number of hydrogen-bond donors (Lipinski definition) is 0. The monoisotopic (exact) mass is 443 g/mol. The van der Waals surface area contributed by atoms with E-state index in [1.165, 1.54) is 0 Å². The first-order valence-electron chi connectivity index (χ1n) is 11.0. The van der Waals surface area contributed by atoms with Crippen molar-refractivity contribution >= 4 is 11.6 Å². The number of amides is 1. The minimum atomic E-state index is -0.241. The van der Waals surface area contributed by atoms with Crippen LogP contribution in [0.5, 0.6) is 11.5 Å². The lowest BCUT2D eigenvalue weighted by Crippen LogP contribution is -2.42. The molecular formula is C27H29N3O3. The molecule has 1 heterocycles. The highest BCUT2D eigenvalue weighted by atomic mass is 16.5. The molecule has 0 spiro atoms. The molecule has 2 aromatic rings. The van der Waals surface area contributed by atoms with Crippen LogP contribution in [0.25, 0.3) is 16.0 Å². The Labute approximate surface area is 195 Å². The maximum Gasteiger partial charge on any atom is 0.264 e. The first-order valence-corrected chi connectivity index (χ1v) is 11.0. The van der Waals surface area contributed by atoms with Crippen LogP contribution >= 0.6 is 0 Å². The fraction of sp³-hybridized carbons (Fsp3) is 0.370. The summed E-state index contributed by atoms with van der Waals surface area (Å²) in [5.74, 6) is 1.13. The Balaban J connectivity index is 1.72. The largest absolute Gasteiger partial charge is 0.496 e. The van der Waals surface area contributed by atoms with E-state index < -0.39 is 0 Å². The van der Waals surface area contributed by atoms with Crippen molar-refractivity contribution < 1.29 is 14.3 Å². The zero-order valence-electron chi connectivity index (χ0n) is 19.6. The van der Waals surface area contributed by atoms with Crippen molar-refractivity contribution in [3.63, 3.8) is 0 Å². The molecule has 0 N–H and O–H groups in total. The summed E-state index contributed by atoms with van der Waals surface area (Å²) in [5, 5.41) is 9.42. The molecule has 1 saturated heterocycles. The number of nitrogens with zero attached hydrogens (tertiary/aromatic N) is 3. The third-order valence-corrected chi connectivity index (χ3v) is 5.40. The molecular weight excluding hydrogens is 414 g/mol. The number of nitriles is 1. The number of benzene rings is 2. The van der Waals surface area contributed by atoms with E-state index in [0.29, 0.717) is 37.4 Å². The molecule has 0 bridgehead atoms. The summed E-state index contributed by atoms with van der Waals surface area (Å²) in [6.07, 6.45) is 2.98. The number of hydrogen-bond acceptors (Lipinski definition) is 4. The summed E-state index contributed by atoms with van der Waals surface area (Å²) in [6.45, 7) is 14.4. The Morgan fingerprint density at radius 3 is 2.52 bits per heavy atom. The van der Waals surface area contributed by atoms with Gasteiger partial charge >= 0.3 is 0 Å². The number of rotatable bonds is 5. The topological polar surface area (TPSA) is 66.9 Å². The predicted molar refractivity (Wildman–Crippen MR) is 128 cm³/mol. The van der Waals surface area contributed by atoms with Crippen LogP contribution in [0.2, 0.25) is 0 Å². The first kappa shape index (κ1) is 23.9. The van der Waals surface area contributed by atoms with Crippen LogP contribution in [0.15, 0.2) is 54.1 Å². The smallest absolute Gasteiger partial charge is 0.264 e. The number of para-hydroxylation sites is 1. The van der Waals surface area contributed by atoms with E-state index in [9.17, 15) is 10.1 Å². The average molecular weight is 444 g/mol. The molecule has 6 heteroatoms. The summed E-state index contributed by atoms with van der Waals surface area (Å²) >= 11 is 0. The molecule has 0 aromatic heterocycles. The lowest BCUT2D eigenvalue weighted by atomic mass is 9.93. The third kappa shape index (κ3) is 6.14. The van der Waals surface area contributed by atoms with Crippen LogP contribution in [0.1, 0.15) is 33.6 Å². The summed E-state index contributed by atoms with van der Waals surface area (Å²) in [7, 11) is 1.62.